The lowest BCUT2D eigenvalue weighted by atomic mass is 10.1. The van der Waals surface area contributed by atoms with Gasteiger partial charge in [0.25, 0.3) is 5.91 Å². The van der Waals surface area contributed by atoms with Gasteiger partial charge in [0, 0.05) is 4.88 Å². The van der Waals surface area contributed by atoms with E-state index < -0.39 is 29.7 Å². The summed E-state index contributed by atoms with van der Waals surface area (Å²) >= 11 is 6.78. The molecule has 0 spiro atoms. The normalized spacial score (nSPS) is 12.8. The summed E-state index contributed by atoms with van der Waals surface area (Å²) in [6.45, 7) is 3.05. The maximum Gasteiger partial charge on any atom is 0.441 e. The van der Waals surface area contributed by atoms with Crippen LogP contribution in [0.25, 0.3) is 10.4 Å². The second-order valence-electron chi connectivity index (χ2n) is 7.65. The Morgan fingerprint density at radius 3 is 2.22 bits per heavy atom. The molecule has 0 aliphatic carbocycles. The molecular weight excluding hydrogens is 533 g/mol. The Hall–Kier alpha value is -3.57. The Morgan fingerprint density at radius 1 is 1.03 bits per heavy atom. The number of hydrogen-bond donors (Lipinski definition) is 2. The number of methoxy groups -OCH3 is 1. The van der Waals surface area contributed by atoms with E-state index in [9.17, 15) is 27.6 Å². The number of nitrogens with one attached hydrogen (secondary N) is 2. The van der Waals surface area contributed by atoms with E-state index in [0.717, 1.165) is 18.4 Å². The van der Waals surface area contributed by atoms with Crippen LogP contribution in [0.4, 0.5) is 18.2 Å². The lowest BCUT2D eigenvalue weighted by Crippen LogP contribution is -2.69. The van der Waals surface area contributed by atoms with Crippen LogP contribution >= 0.6 is 22.9 Å². The number of halogens is 4. The number of ether oxygens (including phenoxy) is 2. The summed E-state index contributed by atoms with van der Waals surface area (Å²) in [5.41, 5.74) is -3.34. The molecule has 0 saturated carbocycles. The van der Waals surface area contributed by atoms with E-state index in [2.05, 4.69) is 10.1 Å². The molecule has 2 N–H and O–H groups in total. The molecule has 37 heavy (non-hydrogen) atoms. The second-order valence-corrected chi connectivity index (χ2v) is 9.07. The lowest BCUT2D eigenvalue weighted by molar-refractivity contribution is -0.203. The van der Waals surface area contributed by atoms with Gasteiger partial charge in [-0.1, -0.05) is 54.1 Å². The molecular formula is C25H22ClF3N2O5S. The number of hydrogen-bond acceptors (Lipinski definition) is 7. The Kier molecular flexibility index (Phi) is 8.49. The van der Waals surface area contributed by atoms with E-state index in [1.165, 1.54) is 24.3 Å². The Morgan fingerprint density at radius 2 is 1.65 bits per heavy atom. The Balaban J connectivity index is 2.21. The van der Waals surface area contributed by atoms with Gasteiger partial charge in [0.2, 0.25) is 0 Å². The first-order valence-corrected chi connectivity index (χ1v) is 12.0. The van der Waals surface area contributed by atoms with Gasteiger partial charge in [-0.05, 0) is 37.1 Å². The third-order valence-electron chi connectivity index (χ3n) is 5.30. The lowest BCUT2D eigenvalue weighted by Gasteiger charge is -2.34. The molecule has 1 heterocycles. The summed E-state index contributed by atoms with van der Waals surface area (Å²) in [5.74, 6) is -4.06. The van der Waals surface area contributed by atoms with Crippen LogP contribution in [0.1, 0.15) is 33.2 Å². The molecule has 0 aliphatic heterocycles. The maximum absolute atomic E-state index is 14.7. The molecule has 0 radical (unpaired) electrons. The van der Waals surface area contributed by atoms with Crippen molar-refractivity contribution in [2.24, 2.45) is 0 Å². The van der Waals surface area contributed by atoms with E-state index in [1.807, 2.05) is 0 Å². The summed E-state index contributed by atoms with van der Waals surface area (Å²) in [5, 5.41) is 3.32. The summed E-state index contributed by atoms with van der Waals surface area (Å²) in [4.78, 5) is 39.0. The zero-order valence-corrected chi connectivity index (χ0v) is 21.4. The van der Waals surface area contributed by atoms with Crippen LogP contribution in [-0.2, 0) is 14.3 Å². The average molecular weight is 555 g/mol. The third kappa shape index (κ3) is 5.57. The van der Waals surface area contributed by atoms with Crippen LogP contribution in [0.5, 0.6) is 0 Å². The third-order valence-corrected chi connectivity index (χ3v) is 6.89. The van der Waals surface area contributed by atoms with Crippen LogP contribution in [0, 0.1) is 6.92 Å². The van der Waals surface area contributed by atoms with E-state index in [-0.39, 0.29) is 27.8 Å². The molecule has 7 nitrogen and oxygen atoms in total. The number of rotatable bonds is 8. The summed E-state index contributed by atoms with van der Waals surface area (Å²) in [6, 6.07) is 14.0. The molecule has 196 valence electrons. The van der Waals surface area contributed by atoms with E-state index >= 15 is 0 Å². The topological polar surface area (TPSA) is 93.7 Å². The van der Waals surface area contributed by atoms with Crippen molar-refractivity contribution in [3.63, 3.8) is 0 Å². The molecule has 0 fully saturated rings. The molecule has 1 atom stereocenters. The van der Waals surface area contributed by atoms with Gasteiger partial charge in [-0.15, -0.1) is 11.3 Å². The second kappa shape index (κ2) is 11.2. The van der Waals surface area contributed by atoms with Gasteiger partial charge >= 0.3 is 23.8 Å². The minimum absolute atomic E-state index is 0.0428. The van der Waals surface area contributed by atoms with Crippen LogP contribution in [0.2, 0.25) is 5.02 Å². The molecule has 0 bridgehead atoms. The molecule has 3 rings (SSSR count). The number of amides is 1. The van der Waals surface area contributed by atoms with Crippen molar-refractivity contribution in [2.75, 3.05) is 19.0 Å². The first kappa shape index (κ1) is 28.0. The Labute approximate surface area is 219 Å². The highest BCUT2D eigenvalue weighted by Crippen LogP contribution is 2.43. The number of anilines is 1. The molecule has 3 aromatic rings. The highest BCUT2D eigenvalue weighted by Gasteiger charge is 2.64. The SMILES string of the molecule is CCOC(=O)c1c(NC(NC(=O)c2ccccc2Cl)(C(=O)OC)C(F)(F)F)sc(-c2ccccc2)c1C. The highest BCUT2D eigenvalue weighted by molar-refractivity contribution is 7.20. The molecule has 1 aromatic heterocycles. The van der Waals surface area contributed by atoms with Gasteiger partial charge < -0.3 is 20.1 Å². The number of alkyl halides is 3. The summed E-state index contributed by atoms with van der Waals surface area (Å²) < 4.78 is 53.5. The van der Waals surface area contributed by atoms with Crippen molar-refractivity contribution in [3.8, 4) is 10.4 Å². The maximum atomic E-state index is 14.7. The van der Waals surface area contributed by atoms with Crippen molar-refractivity contribution in [3.05, 3.63) is 76.3 Å². The van der Waals surface area contributed by atoms with Gasteiger partial charge in [-0.3, -0.25) is 4.79 Å². The van der Waals surface area contributed by atoms with Crippen molar-refractivity contribution in [2.45, 2.75) is 25.7 Å². The molecule has 0 saturated heterocycles. The van der Waals surface area contributed by atoms with Crippen molar-refractivity contribution in [1.29, 1.82) is 0 Å². The molecule has 12 heteroatoms. The first-order chi connectivity index (χ1) is 17.5. The van der Waals surface area contributed by atoms with Gasteiger partial charge in [0.15, 0.2) is 0 Å². The molecule has 1 amide bonds. The van der Waals surface area contributed by atoms with Gasteiger partial charge in [0.05, 0.1) is 29.9 Å². The first-order valence-electron chi connectivity index (χ1n) is 10.8. The highest BCUT2D eigenvalue weighted by atomic mass is 35.5. The van der Waals surface area contributed by atoms with Crippen LogP contribution in [0.3, 0.4) is 0 Å². The van der Waals surface area contributed by atoms with E-state index in [0.29, 0.717) is 16.0 Å². The molecule has 2 aromatic carbocycles. The fraction of sp³-hybridized carbons (Fsp3) is 0.240. The monoisotopic (exact) mass is 554 g/mol. The standard InChI is InChI=1S/C25H22ClF3N2O5S/c1-4-36-22(33)18-14(2)19(15-10-6-5-7-11-15)37-21(18)31-24(23(34)35-3,25(27,28)29)30-20(32)16-12-8-9-13-17(16)26/h5-13,31H,4H2,1-3H3,(H,30,32). The van der Waals surface area contributed by atoms with Gasteiger partial charge in [-0.2, -0.15) is 13.2 Å². The smallest absolute Gasteiger partial charge is 0.441 e. The van der Waals surface area contributed by atoms with Crippen molar-refractivity contribution < 1.29 is 37.0 Å². The zero-order chi connectivity index (χ0) is 27.4. The minimum atomic E-state index is -5.42. The fourth-order valence-corrected chi connectivity index (χ4v) is 4.99. The summed E-state index contributed by atoms with van der Waals surface area (Å²) in [7, 11) is 0.744. The zero-order valence-electron chi connectivity index (χ0n) is 19.9. The van der Waals surface area contributed by atoms with Crippen LogP contribution in [0.15, 0.2) is 54.6 Å². The largest absolute Gasteiger partial charge is 0.466 e. The number of benzene rings is 2. The number of carbonyl (C=O) groups excluding carboxylic acids is 3. The quantitative estimate of drug-likeness (QED) is 0.269. The van der Waals surface area contributed by atoms with Gasteiger partial charge in [-0.25, -0.2) is 9.59 Å². The van der Waals surface area contributed by atoms with Gasteiger partial charge in [0.1, 0.15) is 5.00 Å². The van der Waals surface area contributed by atoms with Crippen molar-refractivity contribution >= 4 is 45.8 Å². The molecule has 0 aliphatic rings. The number of esters is 2. The predicted molar refractivity (Wildman–Crippen MR) is 134 cm³/mol. The molecule has 1 unspecified atom stereocenters. The summed E-state index contributed by atoms with van der Waals surface area (Å²) in [6.07, 6.45) is -5.42. The predicted octanol–water partition coefficient (Wildman–Crippen LogP) is 5.83. The van der Waals surface area contributed by atoms with Crippen molar-refractivity contribution in [1.82, 2.24) is 5.32 Å². The minimum Gasteiger partial charge on any atom is -0.466 e. The number of carbonyl (C=O) groups is 3. The van der Waals surface area contributed by atoms with Crippen LogP contribution in [-0.4, -0.2) is 43.4 Å². The Bertz CT molecular complexity index is 1310. The fourth-order valence-electron chi connectivity index (χ4n) is 3.51. The van der Waals surface area contributed by atoms with Crippen LogP contribution < -0.4 is 10.6 Å². The van der Waals surface area contributed by atoms with E-state index in [1.54, 1.807) is 49.5 Å². The van der Waals surface area contributed by atoms with E-state index in [4.69, 9.17) is 16.3 Å². The average Bonchev–Trinajstić information content (AvgIpc) is 3.18. The number of thiophene rings is 1.